The van der Waals surface area contributed by atoms with Gasteiger partial charge in [-0.2, -0.15) is 0 Å². The van der Waals surface area contributed by atoms with Crippen molar-refractivity contribution in [1.82, 2.24) is 5.16 Å². The highest BCUT2D eigenvalue weighted by Gasteiger charge is 2.38. The maximum atomic E-state index is 12.3. The van der Waals surface area contributed by atoms with Crippen molar-refractivity contribution in [3.63, 3.8) is 0 Å². The van der Waals surface area contributed by atoms with E-state index in [1.165, 1.54) is 12.1 Å². The summed E-state index contributed by atoms with van der Waals surface area (Å²) in [6.07, 6.45) is 0. The fourth-order valence-electron chi connectivity index (χ4n) is 1.61. The lowest BCUT2D eigenvalue weighted by Gasteiger charge is -2.00. The number of benzene rings is 1. The molecule has 0 unspecified atom stereocenters. The van der Waals surface area contributed by atoms with Crippen molar-refractivity contribution in [3.8, 4) is 0 Å². The minimum atomic E-state index is -3.78. The van der Waals surface area contributed by atoms with Gasteiger partial charge < -0.3 is 5.21 Å². The SMILES string of the molecule is CC(C)c1c(S(=O)(=O)c2ccccc2)no[n+]1O. The van der Waals surface area contributed by atoms with Crippen molar-refractivity contribution in [1.29, 1.82) is 0 Å². The molecule has 1 aromatic heterocycles. The second-order valence-corrected chi connectivity index (χ2v) is 5.97. The summed E-state index contributed by atoms with van der Waals surface area (Å²) in [4.78, 5) is 0.501. The summed E-state index contributed by atoms with van der Waals surface area (Å²) in [5, 5.41) is 12.6. The third kappa shape index (κ3) is 1.97. The first-order chi connectivity index (χ1) is 8.44. The van der Waals surface area contributed by atoms with Gasteiger partial charge in [0.2, 0.25) is 0 Å². The number of hydrogen-bond donors (Lipinski definition) is 1. The van der Waals surface area contributed by atoms with E-state index in [1.807, 2.05) is 0 Å². The second-order valence-electron chi connectivity index (χ2n) is 4.11. The van der Waals surface area contributed by atoms with E-state index in [0.29, 0.717) is 4.90 Å². The summed E-state index contributed by atoms with van der Waals surface area (Å²) in [6, 6.07) is 7.90. The molecule has 0 aliphatic carbocycles. The highest BCUT2D eigenvalue weighted by atomic mass is 32.2. The van der Waals surface area contributed by atoms with Crippen molar-refractivity contribution < 1.29 is 23.2 Å². The number of nitrogens with zero attached hydrogens (tertiary/aromatic N) is 2. The maximum absolute atomic E-state index is 12.3. The van der Waals surface area contributed by atoms with Crippen molar-refractivity contribution in [3.05, 3.63) is 36.0 Å². The topological polar surface area (TPSA) is 84.3 Å². The van der Waals surface area contributed by atoms with Crippen molar-refractivity contribution in [2.45, 2.75) is 29.7 Å². The van der Waals surface area contributed by atoms with Crippen LogP contribution in [0.1, 0.15) is 25.5 Å². The first-order valence-electron chi connectivity index (χ1n) is 5.36. The summed E-state index contributed by atoms with van der Waals surface area (Å²) in [5.74, 6) is -0.241. The van der Waals surface area contributed by atoms with Gasteiger partial charge in [-0.3, -0.25) is 0 Å². The standard InChI is InChI=1S/C11H13N2O4S/c1-8(2)10-11(12-17-13(10)14)18(15,16)9-6-4-3-5-7-9/h3-8,14H,1-2H3/q+1. The molecule has 96 valence electrons. The molecule has 2 aromatic rings. The van der Waals surface area contributed by atoms with Crippen LogP contribution >= 0.6 is 0 Å². The minimum Gasteiger partial charge on any atom is -0.317 e. The van der Waals surface area contributed by atoms with Crippen molar-refractivity contribution >= 4 is 9.84 Å². The van der Waals surface area contributed by atoms with Crippen molar-refractivity contribution in [2.24, 2.45) is 0 Å². The van der Waals surface area contributed by atoms with Gasteiger partial charge >= 0.3 is 5.03 Å². The molecule has 0 saturated carbocycles. The van der Waals surface area contributed by atoms with Gasteiger partial charge in [0.05, 0.1) is 4.90 Å². The van der Waals surface area contributed by atoms with Crippen LogP contribution in [0.25, 0.3) is 0 Å². The highest BCUT2D eigenvalue weighted by Crippen LogP contribution is 2.24. The third-order valence-corrected chi connectivity index (χ3v) is 4.17. The number of sulfone groups is 1. The van der Waals surface area contributed by atoms with Gasteiger partial charge in [0.25, 0.3) is 15.5 Å². The van der Waals surface area contributed by atoms with Gasteiger partial charge in [-0.15, -0.1) is 0 Å². The zero-order valence-corrected chi connectivity index (χ0v) is 10.8. The lowest BCUT2D eigenvalue weighted by atomic mass is 10.2. The van der Waals surface area contributed by atoms with Gasteiger partial charge in [0.1, 0.15) is 4.90 Å². The molecule has 0 aliphatic rings. The smallest absolute Gasteiger partial charge is 0.317 e. The second kappa shape index (κ2) is 4.41. The molecule has 18 heavy (non-hydrogen) atoms. The summed E-state index contributed by atoms with van der Waals surface area (Å²) < 4.78 is 29.2. The van der Waals surface area contributed by atoms with Crippen LogP contribution in [0, 0.1) is 0 Å². The van der Waals surface area contributed by atoms with Gasteiger partial charge in [0.15, 0.2) is 5.16 Å². The van der Waals surface area contributed by atoms with Crippen LogP contribution in [0.15, 0.2) is 44.9 Å². The van der Waals surface area contributed by atoms with Crippen LogP contribution in [-0.4, -0.2) is 18.8 Å². The Morgan fingerprint density at radius 3 is 2.44 bits per heavy atom. The molecule has 0 fully saturated rings. The first kappa shape index (κ1) is 12.6. The van der Waals surface area contributed by atoms with E-state index in [-0.39, 0.29) is 21.5 Å². The van der Waals surface area contributed by atoms with Crippen LogP contribution in [0.4, 0.5) is 0 Å². The van der Waals surface area contributed by atoms with Gasteiger partial charge in [-0.1, -0.05) is 32.0 Å². The Kier molecular flexibility index (Phi) is 3.08. The number of rotatable bonds is 3. The molecule has 0 bridgehead atoms. The molecule has 1 aromatic carbocycles. The van der Waals surface area contributed by atoms with E-state index in [1.54, 1.807) is 32.0 Å². The molecule has 0 saturated heterocycles. The van der Waals surface area contributed by atoms with E-state index < -0.39 is 9.84 Å². The van der Waals surface area contributed by atoms with Gasteiger partial charge in [0, 0.05) is 5.92 Å². The van der Waals surface area contributed by atoms with E-state index in [2.05, 4.69) is 9.79 Å². The molecule has 0 amide bonds. The molecule has 7 heteroatoms. The van der Waals surface area contributed by atoms with E-state index in [4.69, 9.17) is 0 Å². The van der Waals surface area contributed by atoms with E-state index >= 15 is 0 Å². The fourth-order valence-corrected chi connectivity index (χ4v) is 3.07. The van der Waals surface area contributed by atoms with E-state index in [0.717, 1.165) is 0 Å². The minimum absolute atomic E-state index is 0.112. The van der Waals surface area contributed by atoms with Crippen molar-refractivity contribution in [2.75, 3.05) is 0 Å². The molecule has 0 spiro atoms. The Morgan fingerprint density at radius 2 is 1.89 bits per heavy atom. The monoisotopic (exact) mass is 269 g/mol. The predicted octanol–water partition coefficient (Wildman–Crippen LogP) is 1.16. The quantitative estimate of drug-likeness (QED) is 0.845. The average molecular weight is 269 g/mol. The molecule has 0 radical (unpaired) electrons. The Bertz CT molecular complexity index is 647. The predicted molar refractivity (Wildman–Crippen MR) is 59.9 cm³/mol. The van der Waals surface area contributed by atoms with Crippen LogP contribution in [0.3, 0.4) is 0 Å². The normalized spacial score (nSPS) is 11.9. The molecular formula is C11H13N2O4S+. The average Bonchev–Trinajstić information content (AvgIpc) is 2.73. The lowest BCUT2D eigenvalue weighted by molar-refractivity contribution is -1.04. The summed E-state index contributed by atoms with van der Waals surface area (Å²) in [5.41, 5.74) is 0.124. The molecule has 2 rings (SSSR count). The Morgan fingerprint density at radius 1 is 1.28 bits per heavy atom. The molecule has 0 aliphatic heterocycles. The zero-order chi connectivity index (χ0) is 13.3. The third-order valence-electron chi connectivity index (χ3n) is 2.48. The molecule has 6 nitrogen and oxygen atoms in total. The van der Waals surface area contributed by atoms with Gasteiger partial charge in [-0.05, 0) is 16.8 Å². The summed E-state index contributed by atoms with van der Waals surface area (Å²) in [7, 11) is -3.78. The lowest BCUT2D eigenvalue weighted by Crippen LogP contribution is -2.33. The molecule has 1 heterocycles. The highest BCUT2D eigenvalue weighted by molar-refractivity contribution is 7.91. The van der Waals surface area contributed by atoms with Crippen LogP contribution < -0.4 is 4.90 Å². The summed E-state index contributed by atoms with van der Waals surface area (Å²) in [6.45, 7) is 3.48. The fraction of sp³-hybridized carbons (Fsp3) is 0.273. The largest absolute Gasteiger partial charge is 0.369 e. The Balaban J connectivity index is 2.63. The van der Waals surface area contributed by atoms with Gasteiger partial charge in [-0.25, -0.2) is 8.42 Å². The molecule has 0 atom stereocenters. The van der Waals surface area contributed by atoms with Crippen LogP contribution in [0.5, 0.6) is 0 Å². The van der Waals surface area contributed by atoms with E-state index in [9.17, 15) is 13.6 Å². The first-order valence-corrected chi connectivity index (χ1v) is 6.84. The Hall–Kier alpha value is -1.89. The van der Waals surface area contributed by atoms with Crippen LogP contribution in [0.2, 0.25) is 0 Å². The number of hydrogen-bond acceptors (Lipinski definition) is 5. The molecular weight excluding hydrogens is 256 g/mol. The summed E-state index contributed by atoms with van der Waals surface area (Å²) >= 11 is 0. The zero-order valence-electron chi connectivity index (χ0n) is 9.94. The maximum Gasteiger partial charge on any atom is 0.369 e. The molecule has 1 N–H and O–H groups in total. The number of aromatic nitrogens is 2. The van der Waals surface area contributed by atoms with Crippen LogP contribution in [-0.2, 0) is 9.84 Å². The Labute approximate surface area is 104 Å².